The van der Waals surface area contributed by atoms with E-state index in [4.69, 9.17) is 14.2 Å². The smallest absolute Gasteiger partial charge is 0.416 e. The van der Waals surface area contributed by atoms with Crippen LogP contribution in [0.4, 0.5) is 29.3 Å². The monoisotopic (exact) mass is 498 g/mol. The SMILES string of the molecule is COc1nc(C)cc(Oc2ccc(NC(=O)Nc3cc(C(F)(F)F)ccc3OC)c3ccccc23)n1. The third-order valence-electron chi connectivity index (χ3n) is 5.11. The minimum Gasteiger partial charge on any atom is -0.495 e. The Bertz CT molecular complexity index is 1430. The normalized spacial score (nSPS) is 11.2. The summed E-state index contributed by atoms with van der Waals surface area (Å²) in [7, 11) is 2.75. The first-order valence-electron chi connectivity index (χ1n) is 10.6. The number of nitrogens with zero attached hydrogens (tertiary/aromatic N) is 2. The van der Waals surface area contributed by atoms with E-state index in [1.165, 1.54) is 14.2 Å². The summed E-state index contributed by atoms with van der Waals surface area (Å²) < 4.78 is 55.5. The van der Waals surface area contributed by atoms with Crippen molar-refractivity contribution in [1.82, 2.24) is 9.97 Å². The molecule has 8 nitrogen and oxygen atoms in total. The number of hydrogen-bond acceptors (Lipinski definition) is 6. The number of ether oxygens (including phenoxy) is 3. The Morgan fingerprint density at radius 1 is 0.833 bits per heavy atom. The Morgan fingerprint density at radius 2 is 1.53 bits per heavy atom. The molecule has 11 heteroatoms. The summed E-state index contributed by atoms with van der Waals surface area (Å²) in [6, 6.07) is 14.3. The maximum Gasteiger partial charge on any atom is 0.416 e. The molecule has 1 heterocycles. The van der Waals surface area contributed by atoms with E-state index < -0.39 is 17.8 Å². The zero-order valence-corrected chi connectivity index (χ0v) is 19.4. The number of fused-ring (bicyclic) bond motifs is 1. The summed E-state index contributed by atoms with van der Waals surface area (Å²) in [5.74, 6) is 0.832. The average Bonchev–Trinajstić information content (AvgIpc) is 2.84. The lowest BCUT2D eigenvalue weighted by molar-refractivity contribution is -0.137. The van der Waals surface area contributed by atoms with Gasteiger partial charge in [0.1, 0.15) is 11.5 Å². The van der Waals surface area contributed by atoms with Gasteiger partial charge in [0.2, 0.25) is 5.88 Å². The van der Waals surface area contributed by atoms with E-state index in [1.54, 1.807) is 49.4 Å². The van der Waals surface area contributed by atoms with Gasteiger partial charge in [-0.2, -0.15) is 18.2 Å². The molecule has 0 atom stereocenters. The van der Waals surface area contributed by atoms with Crippen molar-refractivity contribution in [3.8, 4) is 23.4 Å². The molecule has 2 N–H and O–H groups in total. The fourth-order valence-electron chi connectivity index (χ4n) is 3.50. The van der Waals surface area contributed by atoms with E-state index >= 15 is 0 Å². The number of aromatic nitrogens is 2. The van der Waals surface area contributed by atoms with Gasteiger partial charge in [-0.3, -0.25) is 0 Å². The number of carbonyl (C=O) groups is 1. The van der Waals surface area contributed by atoms with Gasteiger partial charge in [-0.1, -0.05) is 24.3 Å². The predicted molar refractivity (Wildman–Crippen MR) is 128 cm³/mol. The zero-order chi connectivity index (χ0) is 25.9. The van der Waals surface area contributed by atoms with Crippen molar-refractivity contribution in [2.45, 2.75) is 13.1 Å². The number of halogens is 3. The van der Waals surface area contributed by atoms with E-state index in [1.807, 2.05) is 0 Å². The fourth-order valence-corrected chi connectivity index (χ4v) is 3.50. The summed E-state index contributed by atoms with van der Waals surface area (Å²) in [6.07, 6.45) is -4.57. The second-order valence-electron chi connectivity index (χ2n) is 7.59. The summed E-state index contributed by atoms with van der Waals surface area (Å²) in [4.78, 5) is 21.0. The first-order valence-corrected chi connectivity index (χ1v) is 10.6. The van der Waals surface area contributed by atoms with E-state index in [2.05, 4.69) is 20.6 Å². The molecule has 0 spiro atoms. The number of aryl methyl sites for hydroxylation is 1. The number of nitrogens with one attached hydrogen (secondary N) is 2. The van der Waals surface area contributed by atoms with E-state index in [-0.39, 0.29) is 23.3 Å². The Hall–Kier alpha value is -4.54. The maximum atomic E-state index is 13.1. The van der Waals surface area contributed by atoms with Crippen molar-refractivity contribution in [2.24, 2.45) is 0 Å². The molecular formula is C25H21F3N4O4. The highest BCUT2D eigenvalue weighted by molar-refractivity contribution is 6.08. The van der Waals surface area contributed by atoms with E-state index in [0.717, 1.165) is 18.2 Å². The molecule has 1 aromatic heterocycles. The first-order chi connectivity index (χ1) is 17.2. The Kier molecular flexibility index (Phi) is 6.82. The van der Waals surface area contributed by atoms with Gasteiger partial charge in [0.05, 0.1) is 31.2 Å². The summed E-state index contributed by atoms with van der Waals surface area (Å²) >= 11 is 0. The van der Waals surface area contributed by atoms with Crippen LogP contribution < -0.4 is 24.8 Å². The van der Waals surface area contributed by atoms with Gasteiger partial charge in [0.25, 0.3) is 0 Å². The van der Waals surface area contributed by atoms with Crippen LogP contribution in [0.5, 0.6) is 23.4 Å². The fraction of sp³-hybridized carbons (Fsp3) is 0.160. The summed E-state index contributed by atoms with van der Waals surface area (Å²) in [6.45, 7) is 1.78. The van der Waals surface area contributed by atoms with Crippen LogP contribution in [-0.4, -0.2) is 30.2 Å². The minimum atomic E-state index is -4.57. The molecule has 36 heavy (non-hydrogen) atoms. The highest BCUT2D eigenvalue weighted by atomic mass is 19.4. The highest BCUT2D eigenvalue weighted by Crippen LogP contribution is 2.36. The molecule has 4 rings (SSSR count). The second-order valence-corrected chi connectivity index (χ2v) is 7.59. The van der Waals surface area contributed by atoms with Gasteiger partial charge in [-0.15, -0.1) is 0 Å². The third kappa shape index (κ3) is 5.40. The number of benzene rings is 3. The Balaban J connectivity index is 1.61. The van der Waals surface area contributed by atoms with Crippen molar-refractivity contribution in [3.63, 3.8) is 0 Å². The van der Waals surface area contributed by atoms with Crippen LogP contribution in [0.25, 0.3) is 10.8 Å². The van der Waals surface area contributed by atoms with Crippen molar-refractivity contribution < 1.29 is 32.2 Å². The van der Waals surface area contributed by atoms with Crippen LogP contribution in [0.1, 0.15) is 11.3 Å². The van der Waals surface area contributed by atoms with Crippen molar-refractivity contribution >= 4 is 28.2 Å². The molecule has 0 bridgehead atoms. The summed E-state index contributed by atoms with van der Waals surface area (Å²) in [5.41, 5.74) is 0.0308. The molecule has 0 fully saturated rings. The van der Waals surface area contributed by atoms with Crippen LogP contribution >= 0.6 is 0 Å². The predicted octanol–water partition coefficient (Wildman–Crippen LogP) is 6.41. The molecule has 3 aromatic carbocycles. The molecule has 0 saturated heterocycles. The zero-order valence-electron chi connectivity index (χ0n) is 19.4. The molecule has 0 aliphatic heterocycles. The number of carbonyl (C=O) groups excluding carboxylic acids is 1. The molecule has 0 aliphatic rings. The number of alkyl halides is 3. The Labute approximate surface area is 204 Å². The molecule has 186 valence electrons. The molecule has 2 amide bonds. The second kappa shape index (κ2) is 9.98. The van der Waals surface area contributed by atoms with Crippen molar-refractivity contribution in [3.05, 3.63) is 71.9 Å². The molecule has 0 aliphatic carbocycles. The van der Waals surface area contributed by atoms with Gasteiger partial charge in [-0.25, -0.2) is 9.78 Å². The molecule has 0 unspecified atom stereocenters. The molecular weight excluding hydrogens is 477 g/mol. The lowest BCUT2D eigenvalue weighted by atomic mass is 10.1. The summed E-state index contributed by atoms with van der Waals surface area (Å²) in [5, 5.41) is 6.40. The van der Waals surface area contributed by atoms with Crippen LogP contribution in [0.3, 0.4) is 0 Å². The minimum absolute atomic E-state index is 0.0855. The van der Waals surface area contributed by atoms with Gasteiger partial charge in [0, 0.05) is 22.5 Å². The van der Waals surface area contributed by atoms with Crippen LogP contribution in [0, 0.1) is 6.92 Å². The van der Waals surface area contributed by atoms with Gasteiger partial charge in [0.15, 0.2) is 0 Å². The number of rotatable bonds is 6. The molecule has 0 radical (unpaired) electrons. The largest absolute Gasteiger partial charge is 0.495 e. The standard InChI is InChI=1S/C25H21F3N4O4/c1-14-12-22(32-24(29-14)35-3)36-20-11-9-18(16-6-4-5-7-17(16)20)30-23(33)31-19-13-15(25(26,27)28)8-10-21(19)34-2/h4-13H,1-3H3,(H2,30,31,33). The van der Waals surface area contributed by atoms with E-state index in [0.29, 0.717) is 27.9 Å². The quantitative estimate of drug-likeness (QED) is 0.319. The molecule has 4 aromatic rings. The number of amides is 2. The lowest BCUT2D eigenvalue weighted by Crippen LogP contribution is -2.20. The average molecular weight is 498 g/mol. The highest BCUT2D eigenvalue weighted by Gasteiger charge is 2.31. The van der Waals surface area contributed by atoms with Crippen LogP contribution in [-0.2, 0) is 6.18 Å². The number of urea groups is 1. The first kappa shape index (κ1) is 24.6. The molecule has 0 saturated carbocycles. The Morgan fingerprint density at radius 3 is 2.22 bits per heavy atom. The van der Waals surface area contributed by atoms with Crippen molar-refractivity contribution in [2.75, 3.05) is 24.9 Å². The third-order valence-corrected chi connectivity index (χ3v) is 5.11. The maximum absolute atomic E-state index is 13.1. The van der Waals surface area contributed by atoms with Crippen molar-refractivity contribution in [1.29, 1.82) is 0 Å². The van der Waals surface area contributed by atoms with Gasteiger partial charge >= 0.3 is 18.2 Å². The van der Waals surface area contributed by atoms with Crippen LogP contribution in [0.2, 0.25) is 0 Å². The number of hydrogen-bond donors (Lipinski definition) is 2. The van der Waals surface area contributed by atoms with Gasteiger partial charge < -0.3 is 24.8 Å². The van der Waals surface area contributed by atoms with Crippen LogP contribution in [0.15, 0.2) is 60.7 Å². The number of methoxy groups -OCH3 is 2. The topological polar surface area (TPSA) is 94.6 Å². The van der Waals surface area contributed by atoms with E-state index in [9.17, 15) is 18.0 Å². The number of anilines is 2. The lowest BCUT2D eigenvalue weighted by Gasteiger charge is -2.16. The van der Waals surface area contributed by atoms with Gasteiger partial charge in [-0.05, 0) is 37.3 Å².